The van der Waals surface area contributed by atoms with Crippen LogP contribution in [0.15, 0.2) is 46.3 Å². The van der Waals surface area contributed by atoms with Crippen LogP contribution in [0.1, 0.15) is 36.7 Å². The Bertz CT molecular complexity index is 1240. The molecule has 2 heterocycles. The number of ether oxygens (including phenoxy) is 3. The minimum atomic E-state index is -0.139. The van der Waals surface area contributed by atoms with Gasteiger partial charge in [0.1, 0.15) is 0 Å². The molecule has 2 aliphatic rings. The Morgan fingerprint density at radius 3 is 2.70 bits per heavy atom. The lowest BCUT2D eigenvalue weighted by Gasteiger charge is -2.26. The van der Waals surface area contributed by atoms with E-state index in [1.807, 2.05) is 51.1 Å². The van der Waals surface area contributed by atoms with Gasteiger partial charge < -0.3 is 19.1 Å². The maximum absolute atomic E-state index is 13.0. The first kappa shape index (κ1) is 27.5. The van der Waals surface area contributed by atoms with E-state index in [1.165, 1.54) is 16.7 Å². The Kier molecular flexibility index (Phi) is 9.14. The molecule has 8 nitrogen and oxygen atoms in total. The molecular weight excluding hydrogens is 605 g/mol. The molecule has 2 fully saturated rings. The molecular formula is C27H30IN3O5S. The van der Waals surface area contributed by atoms with Gasteiger partial charge >= 0.3 is 0 Å². The SMILES string of the molecule is CCOc1cc(/C=C2/SC(=Nc3cccc(C(=O)N4CCOCC4)c3)N(C)C2=O)cc(I)c1OC(C)C. The van der Waals surface area contributed by atoms with Crippen LogP contribution < -0.4 is 9.47 Å². The molecule has 0 unspecified atom stereocenters. The number of hydrogen-bond donors (Lipinski definition) is 0. The van der Waals surface area contributed by atoms with E-state index in [-0.39, 0.29) is 17.9 Å². The quantitative estimate of drug-likeness (QED) is 0.308. The first-order chi connectivity index (χ1) is 17.8. The summed E-state index contributed by atoms with van der Waals surface area (Å²) in [5.41, 5.74) is 2.02. The molecule has 0 aromatic heterocycles. The molecule has 0 atom stereocenters. The van der Waals surface area contributed by atoms with Gasteiger partial charge in [-0.3, -0.25) is 14.5 Å². The number of likely N-dealkylation sites (N-methyl/N-ethyl adjacent to an activating group) is 1. The van der Waals surface area contributed by atoms with Crippen LogP contribution in [0.25, 0.3) is 6.08 Å². The van der Waals surface area contributed by atoms with Crippen molar-refractivity contribution in [2.75, 3.05) is 40.0 Å². The summed E-state index contributed by atoms with van der Waals surface area (Å²) in [7, 11) is 1.70. The van der Waals surface area contributed by atoms with E-state index in [0.29, 0.717) is 65.7 Å². The molecule has 2 saturated heterocycles. The lowest BCUT2D eigenvalue weighted by molar-refractivity contribution is -0.121. The molecule has 37 heavy (non-hydrogen) atoms. The number of carbonyl (C=O) groups excluding carboxylic acids is 2. The zero-order valence-corrected chi connectivity index (χ0v) is 24.3. The third-order valence-electron chi connectivity index (χ3n) is 5.60. The second-order valence-corrected chi connectivity index (χ2v) is 10.9. The number of halogens is 1. The van der Waals surface area contributed by atoms with Crippen LogP contribution in [0, 0.1) is 3.57 Å². The van der Waals surface area contributed by atoms with Crippen molar-refractivity contribution in [2.45, 2.75) is 26.9 Å². The van der Waals surface area contributed by atoms with Gasteiger partial charge in [-0.05, 0) is 97.1 Å². The summed E-state index contributed by atoms with van der Waals surface area (Å²) in [6, 6.07) is 11.0. The van der Waals surface area contributed by atoms with Crippen molar-refractivity contribution in [2.24, 2.45) is 4.99 Å². The number of thioether (sulfide) groups is 1. The van der Waals surface area contributed by atoms with Crippen molar-refractivity contribution >= 4 is 63.1 Å². The molecule has 2 amide bonds. The molecule has 0 bridgehead atoms. The first-order valence-corrected chi connectivity index (χ1v) is 14.0. The summed E-state index contributed by atoms with van der Waals surface area (Å²) >= 11 is 3.53. The smallest absolute Gasteiger partial charge is 0.266 e. The van der Waals surface area contributed by atoms with Crippen LogP contribution in [0.2, 0.25) is 0 Å². The zero-order chi connectivity index (χ0) is 26.5. The van der Waals surface area contributed by atoms with Crippen molar-refractivity contribution < 1.29 is 23.8 Å². The summed E-state index contributed by atoms with van der Waals surface area (Å²) in [6.07, 6.45) is 1.85. The number of hydrogen-bond acceptors (Lipinski definition) is 7. The van der Waals surface area contributed by atoms with Gasteiger partial charge in [-0.2, -0.15) is 0 Å². The number of rotatable bonds is 7. The van der Waals surface area contributed by atoms with E-state index in [9.17, 15) is 9.59 Å². The lowest BCUT2D eigenvalue weighted by atomic mass is 10.1. The van der Waals surface area contributed by atoms with Crippen LogP contribution in [0.3, 0.4) is 0 Å². The van der Waals surface area contributed by atoms with Crippen LogP contribution in [0.5, 0.6) is 11.5 Å². The molecule has 4 rings (SSSR count). The van der Waals surface area contributed by atoms with Crippen molar-refractivity contribution in [3.8, 4) is 11.5 Å². The Hall–Kier alpha value is -2.57. The fourth-order valence-electron chi connectivity index (χ4n) is 3.86. The number of carbonyl (C=O) groups is 2. The van der Waals surface area contributed by atoms with E-state index < -0.39 is 0 Å². The molecule has 0 radical (unpaired) electrons. The Morgan fingerprint density at radius 1 is 1.24 bits per heavy atom. The highest BCUT2D eigenvalue weighted by atomic mass is 127. The van der Waals surface area contributed by atoms with Gasteiger partial charge in [-0.25, -0.2) is 4.99 Å². The molecule has 0 N–H and O–H groups in total. The third kappa shape index (κ3) is 6.66. The van der Waals surface area contributed by atoms with Gasteiger partial charge in [0.25, 0.3) is 11.8 Å². The Balaban J connectivity index is 1.58. The van der Waals surface area contributed by atoms with Crippen molar-refractivity contribution in [3.05, 3.63) is 56.0 Å². The van der Waals surface area contributed by atoms with Gasteiger partial charge in [0.15, 0.2) is 16.7 Å². The summed E-state index contributed by atoms with van der Waals surface area (Å²) < 4.78 is 18.0. The van der Waals surface area contributed by atoms with E-state index in [2.05, 4.69) is 27.6 Å². The van der Waals surface area contributed by atoms with Gasteiger partial charge in [-0.15, -0.1) is 0 Å². The molecule has 2 aromatic carbocycles. The maximum Gasteiger partial charge on any atom is 0.266 e. The largest absolute Gasteiger partial charge is 0.490 e. The van der Waals surface area contributed by atoms with Crippen molar-refractivity contribution in [1.29, 1.82) is 0 Å². The standard InChI is InChI=1S/C27H30IN3O5S/c1-5-35-22-14-18(13-21(28)24(22)36-17(2)3)15-23-26(33)30(4)27(37-23)29-20-8-6-7-19(16-20)25(32)31-9-11-34-12-10-31/h6-8,13-17H,5,9-12H2,1-4H3/b23-15+,29-27?. The number of benzene rings is 2. The summed E-state index contributed by atoms with van der Waals surface area (Å²) in [6.45, 7) is 8.62. The predicted octanol–water partition coefficient (Wildman–Crippen LogP) is 5.18. The monoisotopic (exact) mass is 635 g/mol. The number of aliphatic imine (C=N–C) groups is 1. The lowest BCUT2D eigenvalue weighted by Crippen LogP contribution is -2.40. The Labute approximate surface area is 235 Å². The van der Waals surface area contributed by atoms with Crippen LogP contribution in [0.4, 0.5) is 5.69 Å². The number of amides is 2. The Morgan fingerprint density at radius 2 is 2.00 bits per heavy atom. The average Bonchev–Trinajstić information content (AvgIpc) is 3.14. The minimum absolute atomic E-state index is 0.0129. The van der Waals surface area contributed by atoms with E-state index >= 15 is 0 Å². The molecule has 2 aromatic rings. The fraction of sp³-hybridized carbons (Fsp3) is 0.370. The van der Waals surface area contributed by atoms with E-state index in [0.717, 1.165) is 9.13 Å². The normalized spacial score (nSPS) is 18.3. The highest BCUT2D eigenvalue weighted by Crippen LogP contribution is 2.38. The van der Waals surface area contributed by atoms with Gasteiger partial charge in [0, 0.05) is 25.7 Å². The average molecular weight is 636 g/mol. The number of morpholine rings is 1. The minimum Gasteiger partial charge on any atom is -0.490 e. The van der Waals surface area contributed by atoms with Crippen molar-refractivity contribution in [1.82, 2.24) is 9.80 Å². The van der Waals surface area contributed by atoms with Crippen molar-refractivity contribution in [3.63, 3.8) is 0 Å². The van der Waals surface area contributed by atoms with Crippen LogP contribution in [-0.2, 0) is 9.53 Å². The first-order valence-electron chi connectivity index (χ1n) is 12.1. The molecule has 0 spiro atoms. The predicted molar refractivity (Wildman–Crippen MR) is 155 cm³/mol. The summed E-state index contributed by atoms with van der Waals surface area (Å²) in [5, 5.41) is 0.548. The highest BCUT2D eigenvalue weighted by molar-refractivity contribution is 14.1. The molecule has 196 valence electrons. The van der Waals surface area contributed by atoms with Gasteiger partial charge in [-0.1, -0.05) is 6.07 Å². The molecule has 2 aliphatic heterocycles. The number of nitrogens with zero attached hydrogens (tertiary/aromatic N) is 3. The van der Waals surface area contributed by atoms with Gasteiger partial charge in [0.2, 0.25) is 0 Å². The summed E-state index contributed by atoms with van der Waals surface area (Å²) in [5.74, 6) is 1.17. The zero-order valence-electron chi connectivity index (χ0n) is 21.3. The third-order valence-corrected chi connectivity index (χ3v) is 7.46. The molecule has 0 aliphatic carbocycles. The second kappa shape index (κ2) is 12.3. The maximum atomic E-state index is 13.0. The highest BCUT2D eigenvalue weighted by Gasteiger charge is 2.31. The second-order valence-electron chi connectivity index (χ2n) is 8.75. The van der Waals surface area contributed by atoms with Crippen LogP contribution >= 0.6 is 34.4 Å². The van der Waals surface area contributed by atoms with E-state index in [4.69, 9.17) is 14.2 Å². The van der Waals surface area contributed by atoms with Crippen LogP contribution in [-0.4, -0.2) is 72.8 Å². The number of amidine groups is 1. The molecule has 10 heteroatoms. The summed E-state index contributed by atoms with van der Waals surface area (Å²) in [4.78, 5) is 34.4. The van der Waals surface area contributed by atoms with E-state index in [1.54, 1.807) is 24.1 Å². The topological polar surface area (TPSA) is 80.7 Å². The fourth-order valence-corrected chi connectivity index (χ4v) is 5.59. The van der Waals surface area contributed by atoms with Gasteiger partial charge in [0.05, 0.1) is 40.1 Å². The molecule has 0 saturated carbocycles.